The Labute approximate surface area is 167 Å². The minimum atomic E-state index is -0.364. The Morgan fingerprint density at radius 3 is 2.48 bits per heavy atom. The number of carbonyl (C=O) groups excluding carboxylic acids is 1. The molecule has 0 bridgehead atoms. The van der Waals surface area contributed by atoms with E-state index in [2.05, 4.69) is 15.4 Å². The Kier molecular flexibility index (Phi) is 4.95. The van der Waals surface area contributed by atoms with E-state index in [4.69, 9.17) is 0 Å². The fourth-order valence-electron chi connectivity index (χ4n) is 3.17. The Morgan fingerprint density at radius 1 is 1.07 bits per heavy atom. The summed E-state index contributed by atoms with van der Waals surface area (Å²) in [5, 5.41) is 7.08. The second-order valence-electron chi connectivity index (χ2n) is 6.74. The summed E-state index contributed by atoms with van der Waals surface area (Å²) in [6.07, 6.45) is 5.07. The summed E-state index contributed by atoms with van der Waals surface area (Å²) in [7, 11) is 0. The number of amides is 1. The zero-order valence-electron chi connectivity index (χ0n) is 16.1. The fraction of sp³-hybridized carbons (Fsp3) is 0.136. The van der Waals surface area contributed by atoms with Gasteiger partial charge >= 0.3 is 0 Å². The second kappa shape index (κ2) is 7.71. The van der Waals surface area contributed by atoms with Gasteiger partial charge in [-0.2, -0.15) is 5.10 Å². The van der Waals surface area contributed by atoms with E-state index >= 15 is 0 Å². The monoisotopic (exact) mass is 389 g/mol. The Bertz CT molecular complexity index is 1160. The molecule has 0 atom stereocenters. The van der Waals surface area contributed by atoms with Crippen LogP contribution in [0.3, 0.4) is 0 Å². The third-order valence-corrected chi connectivity index (χ3v) is 4.76. The predicted molar refractivity (Wildman–Crippen MR) is 108 cm³/mol. The first-order valence-corrected chi connectivity index (χ1v) is 9.21. The molecule has 0 unspecified atom stereocenters. The molecule has 2 aromatic carbocycles. The molecule has 146 valence electrons. The maximum Gasteiger partial charge on any atom is 0.251 e. The Hall–Kier alpha value is -3.74. The van der Waals surface area contributed by atoms with Gasteiger partial charge in [0.15, 0.2) is 0 Å². The van der Waals surface area contributed by atoms with Crippen molar-refractivity contribution in [2.75, 3.05) is 0 Å². The fourth-order valence-corrected chi connectivity index (χ4v) is 3.17. The summed E-state index contributed by atoms with van der Waals surface area (Å²) in [5.41, 5.74) is 3.54. The smallest absolute Gasteiger partial charge is 0.251 e. The minimum absolute atomic E-state index is 0.219. The van der Waals surface area contributed by atoms with E-state index in [0.717, 1.165) is 11.4 Å². The van der Waals surface area contributed by atoms with E-state index in [1.165, 1.54) is 6.07 Å². The molecular weight excluding hydrogens is 369 g/mol. The zero-order valence-corrected chi connectivity index (χ0v) is 16.1. The molecule has 2 aromatic heterocycles. The van der Waals surface area contributed by atoms with E-state index in [1.807, 2.05) is 32.0 Å². The van der Waals surface area contributed by atoms with E-state index < -0.39 is 0 Å². The summed E-state index contributed by atoms with van der Waals surface area (Å²) in [6.45, 7) is 4.01. The van der Waals surface area contributed by atoms with Gasteiger partial charge in [0, 0.05) is 36.4 Å². The first-order chi connectivity index (χ1) is 14.0. The molecule has 0 spiro atoms. The van der Waals surface area contributed by atoms with Crippen LogP contribution in [0, 0.1) is 19.7 Å². The highest BCUT2D eigenvalue weighted by atomic mass is 19.1. The largest absolute Gasteiger partial charge is 0.348 e. The predicted octanol–water partition coefficient (Wildman–Crippen LogP) is 3.74. The summed E-state index contributed by atoms with van der Waals surface area (Å²) >= 11 is 0. The maximum absolute atomic E-state index is 14.5. The van der Waals surface area contributed by atoms with Crippen molar-refractivity contribution in [2.24, 2.45) is 0 Å². The highest BCUT2D eigenvalue weighted by Gasteiger charge is 2.10. The lowest BCUT2D eigenvalue weighted by Gasteiger charge is -2.10. The average molecular weight is 389 g/mol. The number of nitrogens with zero attached hydrogens (tertiary/aromatic N) is 4. The van der Waals surface area contributed by atoms with Crippen LogP contribution in [-0.2, 0) is 6.54 Å². The van der Waals surface area contributed by atoms with Crippen molar-refractivity contribution in [1.29, 1.82) is 0 Å². The molecule has 4 rings (SSSR count). The highest BCUT2D eigenvalue weighted by Crippen LogP contribution is 2.17. The molecule has 0 saturated heterocycles. The summed E-state index contributed by atoms with van der Waals surface area (Å²) in [4.78, 5) is 16.5. The second-order valence-corrected chi connectivity index (χ2v) is 6.74. The molecule has 2 heterocycles. The van der Waals surface area contributed by atoms with Gasteiger partial charge < -0.3 is 9.88 Å². The SMILES string of the molecule is Cc1nccn1-c1ccc(CNC(=O)c2ccc(-n3nccc3C)cc2)cc1F. The van der Waals surface area contributed by atoms with Crippen LogP contribution in [0.15, 0.2) is 67.1 Å². The number of carbonyl (C=O) groups is 1. The van der Waals surface area contributed by atoms with E-state index in [-0.39, 0.29) is 18.3 Å². The number of aromatic nitrogens is 4. The number of halogens is 1. The lowest BCUT2D eigenvalue weighted by molar-refractivity contribution is 0.0951. The molecule has 0 radical (unpaired) electrons. The molecule has 29 heavy (non-hydrogen) atoms. The average Bonchev–Trinajstić information content (AvgIpc) is 3.34. The van der Waals surface area contributed by atoms with Gasteiger partial charge in [-0.25, -0.2) is 14.1 Å². The lowest BCUT2D eigenvalue weighted by atomic mass is 10.1. The van der Waals surface area contributed by atoms with Gasteiger partial charge in [-0.1, -0.05) is 6.07 Å². The van der Waals surface area contributed by atoms with Crippen LogP contribution in [0.1, 0.15) is 27.4 Å². The normalized spacial score (nSPS) is 10.9. The molecule has 4 aromatic rings. The van der Waals surface area contributed by atoms with Crippen LogP contribution in [0.2, 0.25) is 0 Å². The number of imidazole rings is 1. The molecule has 0 aliphatic carbocycles. The van der Waals surface area contributed by atoms with Crippen LogP contribution < -0.4 is 5.32 Å². The Morgan fingerprint density at radius 2 is 1.86 bits per heavy atom. The molecule has 0 fully saturated rings. The van der Waals surface area contributed by atoms with Crippen LogP contribution in [-0.4, -0.2) is 25.2 Å². The molecular formula is C22H20FN5O. The topological polar surface area (TPSA) is 64.7 Å². The summed E-state index contributed by atoms with van der Waals surface area (Å²) in [6, 6.07) is 14.0. The standard InChI is InChI=1S/C22H20FN5O/c1-15-9-10-26-28(15)19-6-4-18(5-7-19)22(29)25-14-17-3-8-21(20(23)13-17)27-12-11-24-16(27)2/h3-13H,14H2,1-2H3,(H,25,29). The van der Waals surface area contributed by atoms with Crippen molar-refractivity contribution < 1.29 is 9.18 Å². The van der Waals surface area contributed by atoms with Gasteiger partial charge in [0.05, 0.1) is 11.4 Å². The molecule has 0 aliphatic heterocycles. The molecule has 0 saturated carbocycles. The number of hydrogen-bond donors (Lipinski definition) is 1. The van der Waals surface area contributed by atoms with Crippen molar-refractivity contribution in [3.05, 3.63) is 95.6 Å². The van der Waals surface area contributed by atoms with Crippen LogP contribution in [0.4, 0.5) is 4.39 Å². The number of rotatable bonds is 5. The minimum Gasteiger partial charge on any atom is -0.348 e. The third kappa shape index (κ3) is 3.80. The van der Waals surface area contributed by atoms with Crippen LogP contribution >= 0.6 is 0 Å². The van der Waals surface area contributed by atoms with Gasteiger partial charge in [-0.05, 0) is 61.9 Å². The van der Waals surface area contributed by atoms with Gasteiger partial charge in [-0.15, -0.1) is 0 Å². The van der Waals surface area contributed by atoms with Crippen LogP contribution in [0.25, 0.3) is 11.4 Å². The first kappa shape index (κ1) is 18.6. The van der Waals surface area contributed by atoms with Gasteiger partial charge in [0.25, 0.3) is 5.91 Å². The summed E-state index contributed by atoms with van der Waals surface area (Å²) in [5.74, 6) is 0.124. The van der Waals surface area contributed by atoms with Gasteiger partial charge in [0.1, 0.15) is 11.6 Å². The number of aryl methyl sites for hydroxylation is 2. The van der Waals surface area contributed by atoms with Crippen molar-refractivity contribution in [3.63, 3.8) is 0 Å². The maximum atomic E-state index is 14.5. The lowest BCUT2D eigenvalue weighted by Crippen LogP contribution is -2.22. The Balaban J connectivity index is 1.42. The van der Waals surface area contributed by atoms with Gasteiger partial charge in [0.2, 0.25) is 0 Å². The third-order valence-electron chi connectivity index (χ3n) is 4.76. The molecule has 1 amide bonds. The van der Waals surface area contributed by atoms with E-state index in [0.29, 0.717) is 22.6 Å². The highest BCUT2D eigenvalue weighted by molar-refractivity contribution is 5.94. The van der Waals surface area contributed by atoms with Crippen molar-refractivity contribution in [3.8, 4) is 11.4 Å². The van der Waals surface area contributed by atoms with Crippen molar-refractivity contribution in [1.82, 2.24) is 24.6 Å². The molecule has 6 nitrogen and oxygen atoms in total. The summed E-state index contributed by atoms with van der Waals surface area (Å²) < 4.78 is 18.0. The van der Waals surface area contributed by atoms with Crippen LogP contribution in [0.5, 0.6) is 0 Å². The van der Waals surface area contributed by atoms with Gasteiger partial charge in [-0.3, -0.25) is 4.79 Å². The molecule has 7 heteroatoms. The quantitative estimate of drug-likeness (QED) is 0.565. The van der Waals surface area contributed by atoms with E-state index in [9.17, 15) is 9.18 Å². The first-order valence-electron chi connectivity index (χ1n) is 9.21. The van der Waals surface area contributed by atoms with Crippen molar-refractivity contribution >= 4 is 5.91 Å². The zero-order chi connectivity index (χ0) is 20.4. The van der Waals surface area contributed by atoms with E-state index in [1.54, 1.807) is 52.1 Å². The number of nitrogens with one attached hydrogen (secondary N) is 1. The van der Waals surface area contributed by atoms with Crippen molar-refractivity contribution in [2.45, 2.75) is 20.4 Å². The number of benzene rings is 2. The molecule has 0 aliphatic rings. The number of hydrogen-bond acceptors (Lipinski definition) is 3. The molecule has 1 N–H and O–H groups in total.